The first-order chi connectivity index (χ1) is 9.36. The van der Waals surface area contributed by atoms with Gasteiger partial charge in [0.25, 0.3) is 0 Å². The zero-order valence-corrected chi connectivity index (χ0v) is 10.7. The van der Waals surface area contributed by atoms with Crippen molar-refractivity contribution >= 4 is 10.9 Å². The van der Waals surface area contributed by atoms with E-state index in [-0.39, 0.29) is 0 Å². The predicted molar refractivity (Wildman–Crippen MR) is 79.9 cm³/mol. The van der Waals surface area contributed by atoms with Gasteiger partial charge in [-0.05, 0) is 36.2 Å². The van der Waals surface area contributed by atoms with Crippen molar-refractivity contribution in [2.75, 3.05) is 6.54 Å². The highest BCUT2D eigenvalue weighted by molar-refractivity contribution is 5.83. The van der Waals surface area contributed by atoms with Gasteiger partial charge >= 0.3 is 0 Å². The van der Waals surface area contributed by atoms with Crippen LogP contribution in [0.1, 0.15) is 5.56 Å². The number of hydrogen-bond donors (Lipinski definition) is 1. The molecule has 0 saturated heterocycles. The van der Waals surface area contributed by atoms with Crippen molar-refractivity contribution in [2.45, 2.75) is 6.42 Å². The van der Waals surface area contributed by atoms with E-state index in [2.05, 4.69) is 41.4 Å². The first-order valence-electron chi connectivity index (χ1n) is 6.51. The van der Waals surface area contributed by atoms with Crippen LogP contribution in [-0.2, 0) is 6.42 Å². The third kappa shape index (κ3) is 2.49. The van der Waals surface area contributed by atoms with Gasteiger partial charge in [-0.3, -0.25) is 4.98 Å². The summed E-state index contributed by atoms with van der Waals surface area (Å²) in [5.41, 5.74) is 10.3. The minimum absolute atomic E-state index is 0.680. The largest absolute Gasteiger partial charge is 0.330 e. The monoisotopic (exact) mass is 248 g/mol. The summed E-state index contributed by atoms with van der Waals surface area (Å²) < 4.78 is 0. The molecular formula is C17H16N2. The average Bonchev–Trinajstić information content (AvgIpc) is 2.47. The molecule has 2 N–H and O–H groups in total. The fraction of sp³-hybridized carbons (Fsp3) is 0.118. The Hall–Kier alpha value is -2.19. The molecular weight excluding hydrogens is 232 g/mol. The quantitative estimate of drug-likeness (QED) is 0.771. The number of aromatic nitrogens is 1. The third-order valence-corrected chi connectivity index (χ3v) is 3.28. The number of pyridine rings is 1. The van der Waals surface area contributed by atoms with Crippen LogP contribution in [0, 0.1) is 0 Å². The zero-order chi connectivity index (χ0) is 13.1. The van der Waals surface area contributed by atoms with Gasteiger partial charge in [-0.2, -0.15) is 0 Å². The maximum Gasteiger partial charge on any atom is 0.0702 e. The van der Waals surface area contributed by atoms with Crippen LogP contribution in [0.5, 0.6) is 0 Å². The molecule has 1 heterocycles. The topological polar surface area (TPSA) is 38.9 Å². The van der Waals surface area contributed by atoms with E-state index < -0.39 is 0 Å². The highest BCUT2D eigenvalue weighted by Gasteiger charge is 2.01. The maximum absolute atomic E-state index is 5.61. The van der Waals surface area contributed by atoms with Gasteiger partial charge in [0.1, 0.15) is 0 Å². The molecule has 0 atom stereocenters. The molecule has 2 aromatic carbocycles. The second-order valence-electron chi connectivity index (χ2n) is 4.66. The van der Waals surface area contributed by atoms with E-state index in [0.29, 0.717) is 6.54 Å². The van der Waals surface area contributed by atoms with Crippen LogP contribution in [0.3, 0.4) is 0 Å². The average molecular weight is 248 g/mol. The minimum atomic E-state index is 0.680. The molecule has 3 aromatic rings. The van der Waals surface area contributed by atoms with Gasteiger partial charge in [0.2, 0.25) is 0 Å². The van der Waals surface area contributed by atoms with Crippen LogP contribution < -0.4 is 5.73 Å². The second-order valence-corrected chi connectivity index (χ2v) is 4.66. The second kappa shape index (κ2) is 5.21. The van der Waals surface area contributed by atoms with Gasteiger partial charge in [0, 0.05) is 17.1 Å². The van der Waals surface area contributed by atoms with E-state index in [4.69, 9.17) is 5.73 Å². The molecule has 2 nitrogen and oxygen atoms in total. The van der Waals surface area contributed by atoms with Gasteiger partial charge < -0.3 is 5.73 Å². The first-order valence-corrected chi connectivity index (χ1v) is 6.51. The molecule has 0 aliphatic rings. The van der Waals surface area contributed by atoms with Gasteiger partial charge in [-0.25, -0.2) is 0 Å². The Kier molecular flexibility index (Phi) is 3.25. The molecule has 0 aliphatic heterocycles. The fourth-order valence-corrected chi connectivity index (χ4v) is 2.30. The molecule has 94 valence electrons. The van der Waals surface area contributed by atoms with Crippen molar-refractivity contribution in [3.05, 3.63) is 66.4 Å². The van der Waals surface area contributed by atoms with Crippen molar-refractivity contribution in [3.63, 3.8) is 0 Å². The molecule has 0 radical (unpaired) electrons. The normalized spacial score (nSPS) is 10.8. The number of rotatable bonds is 3. The first kappa shape index (κ1) is 11.9. The van der Waals surface area contributed by atoms with Crippen LogP contribution in [0.2, 0.25) is 0 Å². The summed E-state index contributed by atoms with van der Waals surface area (Å²) in [6.07, 6.45) is 2.85. The number of benzene rings is 2. The van der Waals surface area contributed by atoms with E-state index in [1.165, 1.54) is 16.5 Å². The summed E-state index contributed by atoms with van der Waals surface area (Å²) >= 11 is 0. The SMILES string of the molecule is NCCc1cccc(-c2cnc3ccccc3c2)c1. The molecule has 0 saturated carbocycles. The lowest BCUT2D eigenvalue weighted by molar-refractivity contribution is 0.969. The Labute approximate surface area is 112 Å². The molecule has 0 aliphatic carbocycles. The molecule has 0 spiro atoms. The van der Waals surface area contributed by atoms with Crippen molar-refractivity contribution in [1.29, 1.82) is 0 Å². The molecule has 3 rings (SSSR count). The van der Waals surface area contributed by atoms with Crippen LogP contribution >= 0.6 is 0 Å². The maximum atomic E-state index is 5.61. The summed E-state index contributed by atoms with van der Waals surface area (Å²) in [6, 6.07) is 18.9. The summed E-state index contributed by atoms with van der Waals surface area (Å²) in [4.78, 5) is 4.51. The Morgan fingerprint density at radius 2 is 1.79 bits per heavy atom. The van der Waals surface area contributed by atoms with Crippen molar-refractivity contribution in [1.82, 2.24) is 4.98 Å². The van der Waals surface area contributed by atoms with E-state index in [9.17, 15) is 0 Å². The molecule has 0 bridgehead atoms. The Morgan fingerprint density at radius 1 is 0.895 bits per heavy atom. The summed E-state index contributed by atoms with van der Waals surface area (Å²) in [5.74, 6) is 0. The van der Waals surface area contributed by atoms with E-state index >= 15 is 0 Å². The zero-order valence-electron chi connectivity index (χ0n) is 10.7. The van der Waals surface area contributed by atoms with Crippen molar-refractivity contribution in [2.24, 2.45) is 5.73 Å². The van der Waals surface area contributed by atoms with Crippen LogP contribution in [-0.4, -0.2) is 11.5 Å². The van der Waals surface area contributed by atoms with Crippen molar-refractivity contribution in [3.8, 4) is 11.1 Å². The van der Waals surface area contributed by atoms with Crippen LogP contribution in [0.4, 0.5) is 0 Å². The molecule has 2 heteroatoms. The number of nitrogens with two attached hydrogens (primary N) is 1. The number of hydrogen-bond acceptors (Lipinski definition) is 2. The third-order valence-electron chi connectivity index (χ3n) is 3.28. The Morgan fingerprint density at radius 3 is 2.68 bits per heavy atom. The van der Waals surface area contributed by atoms with Gasteiger partial charge in [0.15, 0.2) is 0 Å². The standard InChI is InChI=1S/C17H16N2/c18-9-8-13-4-3-6-14(10-13)16-11-15-5-1-2-7-17(15)19-12-16/h1-7,10-12H,8-9,18H2. The molecule has 0 amide bonds. The van der Waals surface area contributed by atoms with Crippen molar-refractivity contribution < 1.29 is 0 Å². The smallest absolute Gasteiger partial charge is 0.0702 e. The molecule has 1 aromatic heterocycles. The lowest BCUT2D eigenvalue weighted by atomic mass is 10.0. The molecule has 0 fully saturated rings. The molecule has 0 unspecified atom stereocenters. The van der Waals surface area contributed by atoms with Gasteiger partial charge in [-0.15, -0.1) is 0 Å². The van der Waals surface area contributed by atoms with Crippen LogP contribution in [0.25, 0.3) is 22.0 Å². The molecule has 19 heavy (non-hydrogen) atoms. The fourth-order valence-electron chi connectivity index (χ4n) is 2.30. The summed E-state index contributed by atoms with van der Waals surface area (Å²) in [7, 11) is 0. The summed E-state index contributed by atoms with van der Waals surface area (Å²) in [6.45, 7) is 0.680. The lowest BCUT2D eigenvalue weighted by Crippen LogP contribution is -2.02. The van der Waals surface area contributed by atoms with E-state index in [0.717, 1.165) is 17.5 Å². The lowest BCUT2D eigenvalue weighted by Gasteiger charge is -2.06. The van der Waals surface area contributed by atoms with Crippen LogP contribution in [0.15, 0.2) is 60.8 Å². The number of fused-ring (bicyclic) bond motifs is 1. The number of para-hydroxylation sites is 1. The Bertz CT molecular complexity index is 704. The highest BCUT2D eigenvalue weighted by atomic mass is 14.6. The van der Waals surface area contributed by atoms with E-state index in [1.807, 2.05) is 24.4 Å². The van der Waals surface area contributed by atoms with Gasteiger partial charge in [-0.1, -0.05) is 42.5 Å². The minimum Gasteiger partial charge on any atom is -0.330 e. The summed E-state index contributed by atoms with van der Waals surface area (Å²) in [5, 5.41) is 1.17. The number of nitrogens with zero attached hydrogens (tertiary/aromatic N) is 1. The van der Waals surface area contributed by atoms with E-state index in [1.54, 1.807) is 0 Å². The predicted octanol–water partition coefficient (Wildman–Crippen LogP) is 3.40. The van der Waals surface area contributed by atoms with Gasteiger partial charge in [0.05, 0.1) is 5.52 Å². The highest BCUT2D eigenvalue weighted by Crippen LogP contribution is 2.23. The Balaban J connectivity index is 2.05.